The second-order valence-corrected chi connectivity index (χ2v) is 10.1. The van der Waals surface area contributed by atoms with Gasteiger partial charge < -0.3 is 28.4 Å². The van der Waals surface area contributed by atoms with E-state index in [-0.39, 0.29) is 12.6 Å². The molecule has 2 aromatic heterocycles. The summed E-state index contributed by atoms with van der Waals surface area (Å²) in [4.78, 5) is 26.9. The predicted molar refractivity (Wildman–Crippen MR) is 161 cm³/mol. The minimum atomic E-state index is -0.496. The van der Waals surface area contributed by atoms with Gasteiger partial charge >= 0.3 is 5.97 Å². The molecule has 0 radical (unpaired) electrons. The molecule has 6 rings (SSSR count). The first kappa shape index (κ1) is 26.5. The molecule has 3 aromatic carbocycles. The topological polar surface area (TPSA) is 77.7 Å². The van der Waals surface area contributed by atoms with E-state index in [9.17, 15) is 4.79 Å². The van der Waals surface area contributed by atoms with Gasteiger partial charge in [-0.05, 0) is 68.0 Å². The molecule has 41 heavy (non-hydrogen) atoms. The first-order valence-corrected chi connectivity index (χ1v) is 13.8. The maximum atomic E-state index is 13.7. The van der Waals surface area contributed by atoms with Crippen molar-refractivity contribution in [1.82, 2.24) is 28.9 Å². The van der Waals surface area contributed by atoms with Crippen molar-refractivity contribution in [3.8, 4) is 5.75 Å². The van der Waals surface area contributed by atoms with Crippen LogP contribution in [0, 0.1) is 0 Å². The van der Waals surface area contributed by atoms with Crippen LogP contribution in [0.2, 0.25) is 0 Å². The Morgan fingerprint density at radius 1 is 0.878 bits per heavy atom. The van der Waals surface area contributed by atoms with E-state index in [1.807, 2.05) is 101 Å². The summed E-state index contributed by atoms with van der Waals surface area (Å²) in [6, 6.07) is 23.1. The molecule has 0 spiro atoms. The van der Waals surface area contributed by atoms with Crippen LogP contribution < -0.4 is 4.74 Å². The molecule has 10 heteroatoms. The van der Waals surface area contributed by atoms with Gasteiger partial charge in [0.15, 0.2) is 5.11 Å². The summed E-state index contributed by atoms with van der Waals surface area (Å²) < 4.78 is 15.1. The number of imidazole rings is 2. The van der Waals surface area contributed by atoms with Crippen LogP contribution in [0.15, 0.2) is 96.7 Å². The summed E-state index contributed by atoms with van der Waals surface area (Å²) in [7, 11) is 1.63. The van der Waals surface area contributed by atoms with Crippen LogP contribution in [0.3, 0.4) is 0 Å². The molecule has 208 valence electrons. The second kappa shape index (κ2) is 11.1. The number of nitrogens with zero attached hydrogens (tertiary/aromatic N) is 6. The monoisotopic (exact) mass is 566 g/mol. The number of hydrogen-bond acceptors (Lipinski definition) is 6. The fraction of sp³-hybridized carbons (Fsp3) is 0.226. The smallest absolute Gasteiger partial charge is 0.338 e. The zero-order chi connectivity index (χ0) is 28.5. The number of ether oxygens (including phenoxy) is 2. The third-order valence-electron chi connectivity index (χ3n) is 7.44. The van der Waals surface area contributed by atoms with Gasteiger partial charge in [0, 0.05) is 5.70 Å². The van der Waals surface area contributed by atoms with Gasteiger partial charge in [0.05, 0.1) is 66.7 Å². The van der Waals surface area contributed by atoms with Gasteiger partial charge in [-0.2, -0.15) is 0 Å². The number of allylic oxidation sites excluding steroid dienone is 1. The van der Waals surface area contributed by atoms with Crippen molar-refractivity contribution in [2.75, 3.05) is 13.7 Å². The molecular formula is C31H30N6O3S. The van der Waals surface area contributed by atoms with Crippen molar-refractivity contribution < 1.29 is 14.3 Å². The van der Waals surface area contributed by atoms with Crippen LogP contribution >= 0.6 is 12.2 Å². The van der Waals surface area contributed by atoms with Crippen LogP contribution in [0.5, 0.6) is 5.75 Å². The number of esters is 1. The Labute approximate surface area is 243 Å². The number of benzene rings is 3. The highest BCUT2D eigenvalue weighted by atomic mass is 32.1. The maximum Gasteiger partial charge on any atom is 0.338 e. The number of carbonyl (C=O) groups excluding carboxylic acids is 1. The van der Waals surface area contributed by atoms with Crippen LogP contribution in [-0.4, -0.2) is 53.7 Å². The SMILES string of the molecule is CCOC(=O)C1=C(C)N(Cn2cnc3ccccc32)C(=S)N(Cn2cnc3ccccc32)C1c1ccc(OC)cc1. The minimum Gasteiger partial charge on any atom is -0.497 e. The van der Waals surface area contributed by atoms with Crippen molar-refractivity contribution in [3.05, 3.63) is 102 Å². The molecule has 9 nitrogen and oxygen atoms in total. The second-order valence-electron chi connectivity index (χ2n) is 9.76. The molecule has 5 aromatic rings. The largest absolute Gasteiger partial charge is 0.497 e. The third kappa shape index (κ3) is 4.80. The number of carbonyl (C=O) groups is 1. The molecule has 0 fully saturated rings. The average molecular weight is 567 g/mol. The lowest BCUT2D eigenvalue weighted by Crippen LogP contribution is -2.51. The van der Waals surface area contributed by atoms with E-state index in [4.69, 9.17) is 21.7 Å². The zero-order valence-corrected chi connectivity index (χ0v) is 23.9. The van der Waals surface area contributed by atoms with E-state index >= 15 is 0 Å². The normalized spacial score (nSPS) is 15.7. The van der Waals surface area contributed by atoms with Gasteiger partial charge in [-0.3, -0.25) is 0 Å². The fourth-order valence-electron chi connectivity index (χ4n) is 5.38. The van der Waals surface area contributed by atoms with E-state index in [1.165, 1.54) is 0 Å². The van der Waals surface area contributed by atoms with Gasteiger partial charge in [-0.15, -0.1) is 0 Å². The first-order chi connectivity index (χ1) is 20.0. The van der Waals surface area contributed by atoms with E-state index in [2.05, 4.69) is 14.9 Å². The van der Waals surface area contributed by atoms with E-state index in [0.717, 1.165) is 39.1 Å². The van der Waals surface area contributed by atoms with Gasteiger partial charge in [0.25, 0.3) is 0 Å². The van der Waals surface area contributed by atoms with Crippen LogP contribution in [-0.2, 0) is 22.9 Å². The van der Waals surface area contributed by atoms with Crippen molar-refractivity contribution in [1.29, 1.82) is 0 Å². The molecule has 0 saturated carbocycles. The summed E-state index contributed by atoms with van der Waals surface area (Å²) in [5.74, 6) is 0.348. The lowest BCUT2D eigenvalue weighted by molar-refractivity contribution is -0.139. The van der Waals surface area contributed by atoms with Crippen molar-refractivity contribution in [3.63, 3.8) is 0 Å². The number of thiocarbonyl (C=S) groups is 1. The molecule has 1 aliphatic rings. The lowest BCUT2D eigenvalue weighted by atomic mass is 9.93. The summed E-state index contributed by atoms with van der Waals surface area (Å²) >= 11 is 6.22. The lowest BCUT2D eigenvalue weighted by Gasteiger charge is -2.45. The van der Waals surface area contributed by atoms with Gasteiger partial charge in [-0.25, -0.2) is 14.8 Å². The molecule has 1 aliphatic heterocycles. The van der Waals surface area contributed by atoms with Crippen LogP contribution in [0.1, 0.15) is 25.5 Å². The highest BCUT2D eigenvalue weighted by molar-refractivity contribution is 7.80. The number of hydrogen-bond donors (Lipinski definition) is 0. The Morgan fingerprint density at radius 2 is 1.46 bits per heavy atom. The van der Waals surface area contributed by atoms with Crippen molar-refractivity contribution in [2.45, 2.75) is 33.2 Å². The van der Waals surface area contributed by atoms with Crippen LogP contribution in [0.25, 0.3) is 22.1 Å². The minimum absolute atomic E-state index is 0.258. The number of aromatic nitrogens is 4. The van der Waals surface area contributed by atoms with Crippen LogP contribution in [0.4, 0.5) is 0 Å². The van der Waals surface area contributed by atoms with E-state index in [0.29, 0.717) is 24.0 Å². The molecule has 0 saturated heterocycles. The molecule has 0 bridgehead atoms. The molecule has 0 amide bonds. The Kier molecular flexibility index (Phi) is 7.15. The Morgan fingerprint density at radius 3 is 2.05 bits per heavy atom. The molecular weight excluding hydrogens is 536 g/mol. The van der Waals surface area contributed by atoms with Gasteiger partial charge in [0.2, 0.25) is 0 Å². The van der Waals surface area contributed by atoms with E-state index < -0.39 is 6.04 Å². The number of rotatable bonds is 8. The summed E-state index contributed by atoms with van der Waals surface area (Å²) in [5, 5.41) is 0.576. The molecule has 0 aliphatic carbocycles. The number of para-hydroxylation sites is 4. The van der Waals surface area contributed by atoms with E-state index in [1.54, 1.807) is 19.8 Å². The summed E-state index contributed by atoms with van der Waals surface area (Å²) in [5.41, 5.74) is 5.88. The molecule has 1 atom stereocenters. The standard InChI is InChI=1S/C31H30N6O3S/c1-4-40-30(38)28-21(2)36(19-34-17-32-24-9-5-7-11-26(24)34)31(41)37(29(28)22-13-15-23(39-3)16-14-22)20-35-18-33-25-10-6-8-12-27(25)35/h5-18,29H,4,19-20H2,1-3H3. The highest BCUT2D eigenvalue weighted by Crippen LogP contribution is 2.39. The van der Waals surface area contributed by atoms with Gasteiger partial charge in [0.1, 0.15) is 12.4 Å². The average Bonchev–Trinajstić information content (AvgIpc) is 3.60. The first-order valence-electron chi connectivity index (χ1n) is 13.4. The predicted octanol–water partition coefficient (Wildman–Crippen LogP) is 5.49. The third-order valence-corrected chi connectivity index (χ3v) is 7.89. The Balaban J connectivity index is 1.50. The van der Waals surface area contributed by atoms with Crippen molar-refractivity contribution >= 4 is 45.4 Å². The summed E-state index contributed by atoms with van der Waals surface area (Å²) in [6.45, 7) is 4.75. The molecule has 3 heterocycles. The highest BCUT2D eigenvalue weighted by Gasteiger charge is 2.41. The van der Waals surface area contributed by atoms with Gasteiger partial charge in [-0.1, -0.05) is 36.4 Å². The molecule has 0 N–H and O–H groups in total. The quantitative estimate of drug-likeness (QED) is 0.180. The summed E-state index contributed by atoms with van der Waals surface area (Å²) in [6.07, 6.45) is 3.61. The Bertz CT molecular complexity index is 1770. The number of methoxy groups -OCH3 is 1. The fourth-order valence-corrected chi connectivity index (χ4v) is 5.74. The molecule has 1 unspecified atom stereocenters. The van der Waals surface area contributed by atoms with Crippen molar-refractivity contribution in [2.24, 2.45) is 0 Å². The number of fused-ring (bicyclic) bond motifs is 2. The zero-order valence-electron chi connectivity index (χ0n) is 23.1. The Hall–Kier alpha value is -4.70. The maximum absolute atomic E-state index is 13.7.